The number of sulfone groups is 1. The highest BCUT2D eigenvalue weighted by molar-refractivity contribution is 7.91. The molecule has 0 fully saturated rings. The average molecular weight is 407 g/mol. The molecule has 0 saturated carbocycles. The van der Waals surface area contributed by atoms with E-state index in [4.69, 9.17) is 0 Å². The largest absolute Gasteiger partial charge is 0.349 e. The van der Waals surface area contributed by atoms with E-state index in [9.17, 15) is 22.8 Å². The minimum atomic E-state index is -3.87. The van der Waals surface area contributed by atoms with Crippen LogP contribution in [0.2, 0.25) is 0 Å². The van der Waals surface area contributed by atoms with Crippen LogP contribution in [0.3, 0.4) is 0 Å². The molecule has 0 aliphatic rings. The number of carbonyl (C=O) groups excluding carboxylic acids is 1. The molecule has 9 heteroatoms. The fraction of sp³-hybridized carbons (Fsp3) is 0.421. The summed E-state index contributed by atoms with van der Waals surface area (Å²) in [5, 5.41) is 2.68. The minimum Gasteiger partial charge on any atom is -0.349 e. The Morgan fingerprint density at radius 1 is 1.07 bits per heavy atom. The van der Waals surface area contributed by atoms with E-state index in [1.807, 2.05) is 32.0 Å². The quantitative estimate of drug-likeness (QED) is 0.750. The van der Waals surface area contributed by atoms with Gasteiger partial charge in [0.2, 0.25) is 5.91 Å². The van der Waals surface area contributed by atoms with Crippen molar-refractivity contribution in [2.45, 2.75) is 32.6 Å². The Morgan fingerprint density at radius 2 is 1.71 bits per heavy atom. The van der Waals surface area contributed by atoms with E-state index in [1.165, 1.54) is 14.1 Å². The smallest absolute Gasteiger partial charge is 0.330 e. The predicted molar refractivity (Wildman–Crippen MR) is 107 cm³/mol. The summed E-state index contributed by atoms with van der Waals surface area (Å²) in [5.41, 5.74) is 1.92. The van der Waals surface area contributed by atoms with Gasteiger partial charge in [0.1, 0.15) is 5.75 Å². The molecule has 0 radical (unpaired) electrons. The lowest BCUT2D eigenvalue weighted by molar-refractivity contribution is -0.119. The third kappa shape index (κ3) is 4.98. The van der Waals surface area contributed by atoms with Gasteiger partial charge in [-0.15, -0.1) is 0 Å². The number of aromatic nitrogens is 2. The molecule has 1 aromatic carbocycles. The Labute approximate surface area is 163 Å². The zero-order chi connectivity index (χ0) is 21.2. The summed E-state index contributed by atoms with van der Waals surface area (Å²) in [7, 11) is -1.17. The van der Waals surface area contributed by atoms with Gasteiger partial charge < -0.3 is 5.32 Å². The molecular formula is C19H25N3O5S. The summed E-state index contributed by atoms with van der Waals surface area (Å²) >= 11 is 0. The molecule has 152 valence electrons. The van der Waals surface area contributed by atoms with Crippen LogP contribution in [0.25, 0.3) is 0 Å². The molecule has 2 rings (SSSR count). The van der Waals surface area contributed by atoms with Gasteiger partial charge in [-0.2, -0.15) is 0 Å². The first-order valence-electron chi connectivity index (χ1n) is 8.74. The second-order valence-electron chi connectivity index (χ2n) is 7.04. The summed E-state index contributed by atoms with van der Waals surface area (Å²) in [6, 6.07) is 6.52. The van der Waals surface area contributed by atoms with E-state index < -0.39 is 38.5 Å². The summed E-state index contributed by atoms with van der Waals surface area (Å²) in [6.45, 7) is 5.73. The molecule has 28 heavy (non-hydrogen) atoms. The molecule has 0 unspecified atom stereocenters. The first kappa shape index (κ1) is 21.6. The van der Waals surface area contributed by atoms with Crippen molar-refractivity contribution in [1.29, 1.82) is 0 Å². The lowest BCUT2D eigenvalue weighted by Crippen LogP contribution is -2.39. The van der Waals surface area contributed by atoms with Gasteiger partial charge in [-0.05, 0) is 37.5 Å². The molecule has 1 heterocycles. The van der Waals surface area contributed by atoms with Crippen molar-refractivity contribution in [2.75, 3.05) is 5.75 Å². The number of rotatable bonds is 6. The zero-order valence-electron chi connectivity index (χ0n) is 16.6. The summed E-state index contributed by atoms with van der Waals surface area (Å²) < 4.78 is 26.8. The van der Waals surface area contributed by atoms with Crippen LogP contribution in [0, 0.1) is 13.8 Å². The number of hydrogen-bond acceptors (Lipinski definition) is 5. The number of aryl methyl sites for hydroxylation is 2. The van der Waals surface area contributed by atoms with Gasteiger partial charge >= 0.3 is 5.69 Å². The van der Waals surface area contributed by atoms with Crippen molar-refractivity contribution < 1.29 is 13.2 Å². The van der Waals surface area contributed by atoms with Gasteiger partial charge in [-0.25, -0.2) is 13.2 Å². The highest BCUT2D eigenvalue weighted by Crippen LogP contribution is 2.16. The lowest BCUT2D eigenvalue weighted by atomic mass is 10.0. The Morgan fingerprint density at radius 3 is 2.32 bits per heavy atom. The number of nitrogens with one attached hydrogen (secondary N) is 1. The average Bonchev–Trinajstić information content (AvgIpc) is 2.59. The highest BCUT2D eigenvalue weighted by Gasteiger charge is 2.21. The highest BCUT2D eigenvalue weighted by atomic mass is 32.2. The first-order chi connectivity index (χ1) is 12.9. The molecule has 1 amide bonds. The Balaban J connectivity index is 2.11. The molecule has 2 aromatic rings. The van der Waals surface area contributed by atoms with Crippen LogP contribution in [-0.2, 0) is 34.5 Å². The van der Waals surface area contributed by atoms with E-state index >= 15 is 0 Å². The number of hydrogen-bond donors (Lipinski definition) is 1. The summed E-state index contributed by atoms with van der Waals surface area (Å²) in [6.07, 6.45) is 0. The molecule has 1 atom stereocenters. The molecule has 1 aromatic heterocycles. The normalized spacial score (nSPS) is 12.6. The topological polar surface area (TPSA) is 107 Å². The van der Waals surface area contributed by atoms with Crippen molar-refractivity contribution in [3.63, 3.8) is 0 Å². The van der Waals surface area contributed by atoms with Gasteiger partial charge in [0.05, 0.1) is 11.8 Å². The van der Waals surface area contributed by atoms with Gasteiger partial charge in [-0.3, -0.25) is 18.7 Å². The second kappa shape index (κ2) is 8.14. The molecule has 0 aliphatic heterocycles. The van der Waals surface area contributed by atoms with Crippen LogP contribution in [-0.4, -0.2) is 29.2 Å². The number of amides is 1. The maximum atomic E-state index is 12.4. The number of benzene rings is 1. The van der Waals surface area contributed by atoms with Crippen molar-refractivity contribution in [3.05, 3.63) is 67.5 Å². The van der Waals surface area contributed by atoms with Crippen LogP contribution in [0.5, 0.6) is 0 Å². The molecule has 0 bridgehead atoms. The Kier molecular flexibility index (Phi) is 6.28. The van der Waals surface area contributed by atoms with Gasteiger partial charge in [-0.1, -0.05) is 18.2 Å². The third-order valence-corrected chi connectivity index (χ3v) is 6.19. The van der Waals surface area contributed by atoms with Crippen molar-refractivity contribution in [1.82, 2.24) is 14.5 Å². The fourth-order valence-corrected chi connectivity index (χ4v) is 4.11. The molecule has 0 spiro atoms. The van der Waals surface area contributed by atoms with E-state index in [0.717, 1.165) is 31.9 Å². The number of carbonyl (C=O) groups is 1. The van der Waals surface area contributed by atoms with Crippen LogP contribution >= 0.6 is 0 Å². The van der Waals surface area contributed by atoms with Crippen LogP contribution in [0.1, 0.15) is 35.3 Å². The second-order valence-corrected chi connectivity index (χ2v) is 9.10. The number of nitrogens with zero attached hydrogens (tertiary/aromatic N) is 2. The van der Waals surface area contributed by atoms with E-state index in [0.29, 0.717) is 0 Å². The zero-order valence-corrected chi connectivity index (χ0v) is 17.5. The molecule has 0 aliphatic carbocycles. The van der Waals surface area contributed by atoms with Crippen LogP contribution in [0.4, 0.5) is 0 Å². The standard InChI is InChI=1S/C19H25N3O5S/c1-12-6-7-15(8-13(12)2)14(3)20-17(23)11-28(26,27)10-16-9-18(24)22(5)19(25)21(16)4/h6-9,14H,10-11H2,1-5H3,(H,20,23)/t14-/m0/s1. The van der Waals surface area contributed by atoms with E-state index in [2.05, 4.69) is 5.32 Å². The summed E-state index contributed by atoms with van der Waals surface area (Å²) in [4.78, 5) is 35.9. The van der Waals surface area contributed by atoms with Crippen molar-refractivity contribution in [3.8, 4) is 0 Å². The first-order valence-corrected chi connectivity index (χ1v) is 10.6. The third-order valence-electron chi connectivity index (χ3n) is 4.75. The van der Waals surface area contributed by atoms with Gasteiger partial charge in [0, 0.05) is 25.9 Å². The maximum Gasteiger partial charge on any atom is 0.330 e. The fourth-order valence-electron chi connectivity index (χ4n) is 2.79. The Bertz CT molecular complexity index is 1130. The molecule has 1 N–H and O–H groups in total. The van der Waals surface area contributed by atoms with E-state index in [-0.39, 0.29) is 11.7 Å². The van der Waals surface area contributed by atoms with Gasteiger partial charge in [0.15, 0.2) is 9.84 Å². The van der Waals surface area contributed by atoms with E-state index in [1.54, 1.807) is 6.92 Å². The maximum absolute atomic E-state index is 12.4. The monoisotopic (exact) mass is 407 g/mol. The molecule has 0 saturated heterocycles. The van der Waals surface area contributed by atoms with Crippen LogP contribution < -0.4 is 16.6 Å². The SMILES string of the molecule is Cc1ccc([C@H](C)NC(=O)CS(=O)(=O)Cc2cc(=O)n(C)c(=O)n2C)cc1C. The lowest BCUT2D eigenvalue weighted by Gasteiger charge is -2.16. The Hall–Kier alpha value is -2.68. The predicted octanol–water partition coefficient (Wildman–Crippen LogP) is 0.493. The molecule has 8 nitrogen and oxygen atoms in total. The van der Waals surface area contributed by atoms with Crippen LogP contribution in [0.15, 0.2) is 33.9 Å². The van der Waals surface area contributed by atoms with Crippen molar-refractivity contribution >= 4 is 15.7 Å². The van der Waals surface area contributed by atoms with Crippen molar-refractivity contribution in [2.24, 2.45) is 14.1 Å². The minimum absolute atomic E-state index is 0.0445. The van der Waals surface area contributed by atoms with Gasteiger partial charge in [0.25, 0.3) is 5.56 Å². The molecular weight excluding hydrogens is 382 g/mol. The summed E-state index contributed by atoms with van der Waals surface area (Å²) in [5.74, 6) is -1.94.